The lowest BCUT2D eigenvalue weighted by Crippen LogP contribution is -2.03. The predicted molar refractivity (Wildman–Crippen MR) is 79.3 cm³/mol. The second-order valence-electron chi connectivity index (χ2n) is 4.90. The number of benzene rings is 1. The number of nitro groups is 1. The Labute approximate surface area is 128 Å². The molecule has 120 valence electrons. The summed E-state index contributed by atoms with van der Waals surface area (Å²) in [6.07, 6.45) is 3.23. The maximum atomic E-state index is 11.4. The Bertz CT molecular complexity index is 555. The van der Waals surface area contributed by atoms with Gasteiger partial charge in [-0.2, -0.15) is 0 Å². The molecule has 0 aliphatic heterocycles. The van der Waals surface area contributed by atoms with E-state index in [0.29, 0.717) is 18.8 Å². The molecule has 1 rings (SSSR count). The third-order valence-corrected chi connectivity index (χ3v) is 3.10. The molecule has 0 heterocycles. The Hall–Kier alpha value is -2.44. The molecule has 0 spiro atoms. The Morgan fingerprint density at radius 1 is 1.23 bits per heavy atom. The van der Waals surface area contributed by atoms with E-state index in [2.05, 4.69) is 0 Å². The number of nitrogens with zero attached hydrogens (tertiary/aromatic N) is 1. The van der Waals surface area contributed by atoms with Crippen LogP contribution in [0.2, 0.25) is 0 Å². The third kappa shape index (κ3) is 5.90. The predicted octanol–water partition coefficient (Wildman–Crippen LogP) is 3.21. The van der Waals surface area contributed by atoms with E-state index in [4.69, 9.17) is 9.84 Å². The molecule has 0 aromatic heterocycles. The van der Waals surface area contributed by atoms with E-state index in [9.17, 15) is 19.7 Å². The average molecular weight is 309 g/mol. The van der Waals surface area contributed by atoms with E-state index < -0.39 is 10.9 Å². The normalized spacial score (nSPS) is 10.2. The maximum absolute atomic E-state index is 11.4. The minimum atomic E-state index is -0.793. The molecule has 0 amide bonds. The van der Waals surface area contributed by atoms with Gasteiger partial charge in [-0.3, -0.25) is 19.7 Å². The fourth-order valence-electron chi connectivity index (χ4n) is 1.97. The number of aliphatic carboxylic acids is 1. The molecule has 7 nitrogen and oxygen atoms in total. The number of hydrogen-bond donors (Lipinski definition) is 1. The molecule has 1 aromatic carbocycles. The van der Waals surface area contributed by atoms with Crippen LogP contribution in [0, 0.1) is 10.1 Å². The summed E-state index contributed by atoms with van der Waals surface area (Å²) in [6.45, 7) is 1.69. The highest BCUT2D eigenvalue weighted by molar-refractivity contribution is 5.98. The second-order valence-corrected chi connectivity index (χ2v) is 4.90. The summed E-state index contributed by atoms with van der Waals surface area (Å²) in [5.41, 5.74) is -0.197. The lowest BCUT2D eigenvalue weighted by Gasteiger charge is -2.07. The average Bonchev–Trinajstić information content (AvgIpc) is 2.45. The number of Topliss-reactive ketones (excluding diaryl/α,β-unsaturated/α-hetero) is 1. The van der Waals surface area contributed by atoms with E-state index in [1.165, 1.54) is 25.1 Å². The van der Waals surface area contributed by atoms with Gasteiger partial charge in [0.2, 0.25) is 0 Å². The molecule has 0 saturated heterocycles. The fourth-order valence-corrected chi connectivity index (χ4v) is 1.97. The van der Waals surface area contributed by atoms with Gasteiger partial charge >= 0.3 is 5.97 Å². The standard InChI is InChI=1S/C15H19NO6/c1-11(17)13-10-12(7-8-14(13)16(20)21)22-9-5-3-2-4-6-15(18)19/h7-8,10H,2-6,9H2,1H3,(H,18,19). The SMILES string of the molecule is CC(=O)c1cc(OCCCCCCC(=O)O)ccc1[N+](=O)[O-]. The van der Waals surface area contributed by atoms with Crippen molar-refractivity contribution in [3.05, 3.63) is 33.9 Å². The first-order valence-electron chi connectivity index (χ1n) is 7.05. The van der Waals surface area contributed by atoms with Crippen molar-refractivity contribution in [2.75, 3.05) is 6.61 Å². The number of nitro benzene ring substituents is 1. The number of carbonyl (C=O) groups excluding carboxylic acids is 1. The van der Waals surface area contributed by atoms with Crippen molar-refractivity contribution in [1.29, 1.82) is 0 Å². The third-order valence-electron chi connectivity index (χ3n) is 3.10. The fraction of sp³-hybridized carbons (Fsp3) is 0.467. The lowest BCUT2D eigenvalue weighted by atomic mass is 10.1. The number of ether oxygens (including phenoxy) is 1. The quantitative estimate of drug-likeness (QED) is 0.308. The molecule has 0 bridgehead atoms. The summed E-state index contributed by atoms with van der Waals surface area (Å²) in [4.78, 5) is 32.0. The molecule has 0 atom stereocenters. The minimum absolute atomic E-state index is 0.0314. The molecule has 0 unspecified atom stereocenters. The first kappa shape index (κ1) is 17.6. The van der Waals surface area contributed by atoms with Crippen molar-refractivity contribution in [2.24, 2.45) is 0 Å². The van der Waals surface area contributed by atoms with E-state index in [0.717, 1.165) is 19.3 Å². The molecule has 1 N–H and O–H groups in total. The summed E-state index contributed by atoms with van der Waals surface area (Å²) < 4.78 is 5.47. The van der Waals surface area contributed by atoms with Crippen LogP contribution in [0.5, 0.6) is 5.75 Å². The summed E-state index contributed by atoms with van der Waals surface area (Å²) >= 11 is 0. The van der Waals surface area contributed by atoms with Crippen molar-refractivity contribution >= 4 is 17.4 Å². The van der Waals surface area contributed by atoms with Crippen molar-refractivity contribution < 1.29 is 24.4 Å². The van der Waals surface area contributed by atoms with Crippen LogP contribution in [0.4, 0.5) is 5.69 Å². The number of rotatable bonds is 10. The Balaban J connectivity index is 2.43. The van der Waals surface area contributed by atoms with Crippen LogP contribution in [0.1, 0.15) is 49.4 Å². The molecule has 7 heteroatoms. The van der Waals surface area contributed by atoms with Crippen molar-refractivity contribution in [1.82, 2.24) is 0 Å². The van der Waals surface area contributed by atoms with Gasteiger partial charge in [-0.05, 0) is 31.9 Å². The van der Waals surface area contributed by atoms with E-state index >= 15 is 0 Å². The Morgan fingerprint density at radius 3 is 2.50 bits per heavy atom. The molecule has 1 aromatic rings. The number of carboxylic acid groups (broad SMARTS) is 1. The zero-order valence-corrected chi connectivity index (χ0v) is 12.4. The van der Waals surface area contributed by atoms with Crippen molar-refractivity contribution in [2.45, 2.75) is 39.0 Å². The van der Waals surface area contributed by atoms with Crippen molar-refractivity contribution in [3.8, 4) is 5.75 Å². The van der Waals surface area contributed by atoms with Crippen LogP contribution in [0.15, 0.2) is 18.2 Å². The highest BCUT2D eigenvalue weighted by Gasteiger charge is 2.17. The topological polar surface area (TPSA) is 107 Å². The van der Waals surface area contributed by atoms with Crippen LogP contribution in [0.25, 0.3) is 0 Å². The number of unbranched alkanes of at least 4 members (excludes halogenated alkanes) is 3. The molecule has 0 saturated carbocycles. The monoisotopic (exact) mass is 309 g/mol. The summed E-state index contributed by atoms with van der Waals surface area (Å²) in [5.74, 6) is -0.758. The zero-order valence-electron chi connectivity index (χ0n) is 12.4. The molecule has 0 aliphatic carbocycles. The Kier molecular flexibility index (Phi) is 7.01. The highest BCUT2D eigenvalue weighted by atomic mass is 16.6. The van der Waals surface area contributed by atoms with E-state index in [-0.39, 0.29) is 23.5 Å². The first-order chi connectivity index (χ1) is 10.4. The number of hydrogen-bond acceptors (Lipinski definition) is 5. The van der Waals surface area contributed by atoms with Crippen LogP contribution >= 0.6 is 0 Å². The van der Waals surface area contributed by atoms with E-state index in [1.54, 1.807) is 0 Å². The molecular formula is C15H19NO6. The number of carbonyl (C=O) groups is 2. The molecule has 22 heavy (non-hydrogen) atoms. The van der Waals surface area contributed by atoms with Crippen molar-refractivity contribution in [3.63, 3.8) is 0 Å². The van der Waals surface area contributed by atoms with Gasteiger partial charge in [-0.1, -0.05) is 12.8 Å². The van der Waals surface area contributed by atoms with Gasteiger partial charge in [0, 0.05) is 12.5 Å². The Morgan fingerprint density at radius 2 is 1.91 bits per heavy atom. The molecule has 0 radical (unpaired) electrons. The smallest absolute Gasteiger partial charge is 0.303 e. The largest absolute Gasteiger partial charge is 0.494 e. The van der Waals surface area contributed by atoms with Gasteiger partial charge in [-0.25, -0.2) is 0 Å². The zero-order chi connectivity index (χ0) is 16.5. The molecule has 0 fully saturated rings. The van der Waals surface area contributed by atoms with Gasteiger partial charge in [0.1, 0.15) is 5.75 Å². The van der Waals surface area contributed by atoms with Crippen LogP contribution < -0.4 is 4.74 Å². The van der Waals surface area contributed by atoms with Gasteiger partial charge in [-0.15, -0.1) is 0 Å². The molecular weight excluding hydrogens is 290 g/mol. The molecule has 0 aliphatic rings. The van der Waals surface area contributed by atoms with E-state index in [1.807, 2.05) is 0 Å². The van der Waals surface area contributed by atoms with Gasteiger partial charge < -0.3 is 9.84 Å². The van der Waals surface area contributed by atoms with Gasteiger partial charge in [0.25, 0.3) is 5.69 Å². The minimum Gasteiger partial charge on any atom is -0.494 e. The van der Waals surface area contributed by atoms with Gasteiger partial charge in [0.15, 0.2) is 5.78 Å². The number of ketones is 1. The summed E-state index contributed by atoms with van der Waals surface area (Å²) in [5, 5.41) is 19.3. The lowest BCUT2D eigenvalue weighted by molar-refractivity contribution is -0.385. The second kappa shape index (κ2) is 8.76. The van der Waals surface area contributed by atoms with Crippen LogP contribution in [-0.4, -0.2) is 28.4 Å². The summed E-state index contributed by atoms with van der Waals surface area (Å²) in [6, 6.07) is 4.11. The number of carboxylic acids is 1. The first-order valence-corrected chi connectivity index (χ1v) is 7.05. The van der Waals surface area contributed by atoms with Crippen LogP contribution in [-0.2, 0) is 4.79 Å². The highest BCUT2D eigenvalue weighted by Crippen LogP contribution is 2.24. The summed E-state index contributed by atoms with van der Waals surface area (Å²) in [7, 11) is 0. The maximum Gasteiger partial charge on any atom is 0.303 e. The van der Waals surface area contributed by atoms with Gasteiger partial charge in [0.05, 0.1) is 17.1 Å². The van der Waals surface area contributed by atoms with Crippen LogP contribution in [0.3, 0.4) is 0 Å².